The lowest BCUT2D eigenvalue weighted by Crippen LogP contribution is -2.52. The topological polar surface area (TPSA) is 55.9 Å². The Morgan fingerprint density at radius 2 is 1.67 bits per heavy atom. The summed E-state index contributed by atoms with van der Waals surface area (Å²) in [4.78, 5) is 31.1. The summed E-state index contributed by atoms with van der Waals surface area (Å²) in [7, 11) is 0. The number of para-hydroxylation sites is 1. The number of rotatable bonds is 4. The summed E-state index contributed by atoms with van der Waals surface area (Å²) >= 11 is 0. The van der Waals surface area contributed by atoms with Crippen LogP contribution in [0.25, 0.3) is 0 Å². The molecule has 0 atom stereocenters. The fourth-order valence-electron chi connectivity index (χ4n) is 3.93. The Labute approximate surface area is 162 Å². The number of carbonyl (C=O) groups excluding carboxylic acids is 2. The number of hydrogen-bond acceptors (Lipinski definition) is 3. The first-order chi connectivity index (χ1) is 13.1. The minimum atomic E-state index is -0.0407. The monoisotopic (exact) mass is 372 g/mol. The molecule has 0 aliphatic carbocycles. The van der Waals surface area contributed by atoms with E-state index in [-0.39, 0.29) is 11.9 Å². The van der Waals surface area contributed by atoms with E-state index in [2.05, 4.69) is 23.2 Å². The smallest absolute Gasteiger partial charge is 0.321 e. The predicted molar refractivity (Wildman–Crippen MR) is 108 cm³/mol. The van der Waals surface area contributed by atoms with Crippen LogP contribution in [-0.4, -0.2) is 72.5 Å². The van der Waals surface area contributed by atoms with Crippen molar-refractivity contribution in [2.75, 3.05) is 51.1 Å². The molecule has 0 aromatic heterocycles. The van der Waals surface area contributed by atoms with Gasteiger partial charge in [-0.2, -0.15) is 0 Å². The molecule has 0 radical (unpaired) electrons. The lowest BCUT2D eigenvalue weighted by atomic mass is 10.1. The Morgan fingerprint density at radius 1 is 0.963 bits per heavy atom. The third kappa shape index (κ3) is 5.01. The molecule has 3 rings (SSSR count). The van der Waals surface area contributed by atoms with Crippen molar-refractivity contribution in [3.63, 3.8) is 0 Å². The number of hydrogen-bond donors (Lipinski definition) is 1. The van der Waals surface area contributed by atoms with Crippen molar-refractivity contribution >= 4 is 17.6 Å². The summed E-state index contributed by atoms with van der Waals surface area (Å²) < 4.78 is 0. The molecule has 2 saturated heterocycles. The Kier molecular flexibility index (Phi) is 6.72. The third-order valence-corrected chi connectivity index (χ3v) is 5.70. The summed E-state index contributed by atoms with van der Waals surface area (Å²) in [6.07, 6.45) is 4.37. The number of amides is 3. The van der Waals surface area contributed by atoms with E-state index in [9.17, 15) is 9.59 Å². The summed E-state index contributed by atoms with van der Waals surface area (Å²) in [6, 6.07) is 6.08. The molecule has 0 saturated carbocycles. The molecule has 0 unspecified atom stereocenters. The second-order valence-corrected chi connectivity index (χ2v) is 7.60. The third-order valence-electron chi connectivity index (χ3n) is 5.70. The normalized spacial score (nSPS) is 18.4. The highest BCUT2D eigenvalue weighted by Gasteiger charge is 2.25. The Hall–Kier alpha value is -2.08. The van der Waals surface area contributed by atoms with Gasteiger partial charge >= 0.3 is 6.03 Å². The van der Waals surface area contributed by atoms with Gasteiger partial charge in [0.05, 0.1) is 6.54 Å². The second kappa shape index (κ2) is 9.22. The molecule has 6 heteroatoms. The van der Waals surface area contributed by atoms with Crippen molar-refractivity contribution in [2.24, 2.45) is 0 Å². The van der Waals surface area contributed by atoms with Crippen LogP contribution in [0.4, 0.5) is 10.5 Å². The van der Waals surface area contributed by atoms with Gasteiger partial charge in [-0.05, 0) is 43.7 Å². The van der Waals surface area contributed by atoms with Crippen LogP contribution < -0.4 is 5.32 Å². The average molecular weight is 373 g/mol. The van der Waals surface area contributed by atoms with Crippen LogP contribution in [0.5, 0.6) is 0 Å². The van der Waals surface area contributed by atoms with E-state index in [4.69, 9.17) is 0 Å². The van der Waals surface area contributed by atoms with Gasteiger partial charge < -0.3 is 15.1 Å². The van der Waals surface area contributed by atoms with Crippen LogP contribution in [0.1, 0.15) is 37.3 Å². The highest BCUT2D eigenvalue weighted by molar-refractivity contribution is 5.91. The number of carbonyl (C=O) groups is 2. The van der Waals surface area contributed by atoms with Crippen molar-refractivity contribution in [3.05, 3.63) is 29.3 Å². The zero-order valence-corrected chi connectivity index (χ0v) is 16.7. The molecule has 2 fully saturated rings. The molecule has 148 valence electrons. The maximum Gasteiger partial charge on any atom is 0.321 e. The average Bonchev–Trinajstić information content (AvgIpc) is 2.70. The molecule has 1 aromatic carbocycles. The van der Waals surface area contributed by atoms with E-state index >= 15 is 0 Å². The lowest BCUT2D eigenvalue weighted by molar-refractivity contribution is -0.133. The van der Waals surface area contributed by atoms with Crippen molar-refractivity contribution < 1.29 is 9.59 Å². The van der Waals surface area contributed by atoms with E-state index in [1.165, 1.54) is 6.42 Å². The number of nitrogens with one attached hydrogen (secondary N) is 1. The summed E-state index contributed by atoms with van der Waals surface area (Å²) in [6.45, 7) is 9.23. The van der Waals surface area contributed by atoms with Gasteiger partial charge in [-0.3, -0.25) is 9.69 Å². The van der Waals surface area contributed by atoms with Gasteiger partial charge in [0.15, 0.2) is 0 Å². The molecular weight excluding hydrogens is 340 g/mol. The molecule has 2 aliphatic heterocycles. The van der Waals surface area contributed by atoms with E-state index < -0.39 is 0 Å². The largest absolute Gasteiger partial charge is 0.342 e. The molecule has 0 bridgehead atoms. The Bertz CT molecular complexity index is 662. The second-order valence-electron chi connectivity index (χ2n) is 7.60. The van der Waals surface area contributed by atoms with Crippen LogP contribution in [0.15, 0.2) is 18.2 Å². The van der Waals surface area contributed by atoms with Gasteiger partial charge in [-0.1, -0.05) is 25.1 Å². The molecule has 2 aliphatic rings. The van der Waals surface area contributed by atoms with Gasteiger partial charge in [0.1, 0.15) is 0 Å². The first-order valence-corrected chi connectivity index (χ1v) is 10.2. The van der Waals surface area contributed by atoms with Crippen LogP contribution in [0.3, 0.4) is 0 Å². The van der Waals surface area contributed by atoms with Crippen molar-refractivity contribution in [3.8, 4) is 0 Å². The van der Waals surface area contributed by atoms with E-state index in [1.807, 2.05) is 28.9 Å². The van der Waals surface area contributed by atoms with Gasteiger partial charge in [-0.15, -0.1) is 0 Å². The molecule has 1 aromatic rings. The number of anilines is 1. The zero-order chi connectivity index (χ0) is 19.2. The standard InChI is InChI=1S/C21H32N4O2/c1-3-18-9-7-8-17(2)20(18)22-21(27)25-14-12-23(13-15-25)16-19(26)24-10-5-4-6-11-24/h7-9H,3-6,10-16H2,1-2H3,(H,22,27). The van der Waals surface area contributed by atoms with Gasteiger partial charge in [0, 0.05) is 45.0 Å². The number of nitrogens with zero attached hydrogens (tertiary/aromatic N) is 3. The molecule has 3 amide bonds. The molecule has 2 heterocycles. The fourth-order valence-corrected chi connectivity index (χ4v) is 3.93. The molecular formula is C21H32N4O2. The van der Waals surface area contributed by atoms with Gasteiger partial charge in [0.25, 0.3) is 0 Å². The van der Waals surface area contributed by atoms with Crippen molar-refractivity contribution in [2.45, 2.75) is 39.5 Å². The Balaban J connectivity index is 1.49. The maximum absolute atomic E-state index is 12.7. The minimum Gasteiger partial charge on any atom is -0.342 e. The number of piperazine rings is 1. The fraction of sp³-hybridized carbons (Fsp3) is 0.619. The predicted octanol–water partition coefficient (Wildman–Crippen LogP) is 2.72. The van der Waals surface area contributed by atoms with Crippen LogP contribution in [0, 0.1) is 6.92 Å². The van der Waals surface area contributed by atoms with Crippen LogP contribution >= 0.6 is 0 Å². The number of benzene rings is 1. The summed E-state index contributed by atoms with van der Waals surface area (Å²) in [5, 5.41) is 3.10. The van der Waals surface area contributed by atoms with Crippen LogP contribution in [-0.2, 0) is 11.2 Å². The van der Waals surface area contributed by atoms with E-state index in [1.54, 1.807) is 0 Å². The first-order valence-electron chi connectivity index (χ1n) is 10.2. The molecule has 0 spiro atoms. The molecule has 1 N–H and O–H groups in total. The number of likely N-dealkylation sites (tertiary alicyclic amines) is 1. The highest BCUT2D eigenvalue weighted by Crippen LogP contribution is 2.21. The van der Waals surface area contributed by atoms with Crippen molar-refractivity contribution in [1.82, 2.24) is 14.7 Å². The summed E-state index contributed by atoms with van der Waals surface area (Å²) in [5.41, 5.74) is 3.19. The van der Waals surface area contributed by atoms with Gasteiger partial charge in [-0.25, -0.2) is 4.79 Å². The SMILES string of the molecule is CCc1cccc(C)c1NC(=O)N1CCN(CC(=O)N2CCCCC2)CC1. The summed E-state index contributed by atoms with van der Waals surface area (Å²) in [5.74, 6) is 0.236. The van der Waals surface area contributed by atoms with E-state index in [0.29, 0.717) is 19.6 Å². The number of urea groups is 1. The maximum atomic E-state index is 12.7. The van der Waals surface area contributed by atoms with Crippen LogP contribution in [0.2, 0.25) is 0 Å². The molecule has 6 nitrogen and oxygen atoms in total. The quantitative estimate of drug-likeness (QED) is 0.884. The first kappa shape index (κ1) is 19.7. The molecule has 27 heavy (non-hydrogen) atoms. The van der Waals surface area contributed by atoms with E-state index in [0.717, 1.165) is 62.3 Å². The zero-order valence-electron chi connectivity index (χ0n) is 16.7. The lowest BCUT2D eigenvalue weighted by Gasteiger charge is -2.36. The number of piperidine rings is 1. The minimum absolute atomic E-state index is 0.0407. The highest BCUT2D eigenvalue weighted by atomic mass is 16.2. The van der Waals surface area contributed by atoms with Gasteiger partial charge in [0.2, 0.25) is 5.91 Å². The Morgan fingerprint density at radius 3 is 2.33 bits per heavy atom. The van der Waals surface area contributed by atoms with Crippen molar-refractivity contribution in [1.29, 1.82) is 0 Å². The number of aryl methyl sites for hydroxylation is 2.